The summed E-state index contributed by atoms with van der Waals surface area (Å²) < 4.78 is 18.5. The van der Waals surface area contributed by atoms with Gasteiger partial charge in [-0.25, -0.2) is 19.3 Å². The maximum atomic E-state index is 13.4. The van der Waals surface area contributed by atoms with Gasteiger partial charge in [0.2, 0.25) is 5.95 Å². The minimum Gasteiger partial charge on any atom is -0.324 e. The largest absolute Gasteiger partial charge is 0.324 e. The summed E-state index contributed by atoms with van der Waals surface area (Å²) in [5, 5.41) is 3.72. The van der Waals surface area contributed by atoms with Crippen molar-refractivity contribution < 1.29 is 4.21 Å². The number of aromatic nitrogens is 6. The molecule has 5 aromatic rings. The molecule has 216 valence electrons. The van der Waals surface area contributed by atoms with Gasteiger partial charge in [-0.2, -0.15) is 4.98 Å². The maximum Gasteiger partial charge on any atom is 0.278 e. The summed E-state index contributed by atoms with van der Waals surface area (Å²) in [5.41, 5.74) is 5.47. The standard InChI is InChI=1S/C30H33N9O2S/c1-5-14-38-29(40)24-18-32-30(35-28(24)39(38)27-11-8-10-26(34-27)36-42(3,4)41)33-21-16-20-19-37(2)15-12-22(20)23(17-21)25-9-6-7-13-31-25/h5-11,13,16-18,42H,1,12,14-15,19H2,2-4H3,(H,32,33,35)(H,34,36,41). The molecular weight excluding hydrogens is 550 g/mol. The highest BCUT2D eigenvalue weighted by Gasteiger charge is 2.21. The molecule has 2 N–H and O–H groups in total. The van der Waals surface area contributed by atoms with Crippen LogP contribution in [0, 0.1) is 0 Å². The smallest absolute Gasteiger partial charge is 0.278 e. The Morgan fingerprint density at radius 1 is 1.10 bits per heavy atom. The lowest BCUT2D eigenvalue weighted by atomic mass is 9.92. The predicted octanol–water partition coefficient (Wildman–Crippen LogP) is 3.56. The van der Waals surface area contributed by atoms with Crippen molar-refractivity contribution in [3.63, 3.8) is 0 Å². The molecule has 0 radical (unpaired) electrons. The van der Waals surface area contributed by atoms with Gasteiger partial charge in [-0.3, -0.25) is 14.0 Å². The molecule has 0 bridgehead atoms. The molecule has 1 aromatic carbocycles. The van der Waals surface area contributed by atoms with Crippen LogP contribution in [0.1, 0.15) is 11.1 Å². The molecule has 0 amide bonds. The van der Waals surface area contributed by atoms with E-state index in [1.54, 1.807) is 47.7 Å². The Morgan fingerprint density at radius 3 is 2.71 bits per heavy atom. The average molecular weight is 584 g/mol. The zero-order chi connectivity index (χ0) is 29.4. The quantitative estimate of drug-likeness (QED) is 0.187. The van der Waals surface area contributed by atoms with Crippen molar-refractivity contribution in [1.82, 2.24) is 34.2 Å². The number of nitrogens with zero attached hydrogens (tertiary/aromatic N) is 7. The maximum absolute atomic E-state index is 13.4. The third-order valence-corrected chi connectivity index (χ3v) is 7.80. The van der Waals surface area contributed by atoms with Gasteiger partial charge in [0.15, 0.2) is 11.5 Å². The van der Waals surface area contributed by atoms with Crippen molar-refractivity contribution in [2.75, 3.05) is 36.1 Å². The monoisotopic (exact) mass is 583 g/mol. The highest BCUT2D eigenvalue weighted by Crippen LogP contribution is 2.33. The van der Waals surface area contributed by atoms with Crippen LogP contribution in [0.25, 0.3) is 28.1 Å². The molecule has 0 saturated carbocycles. The van der Waals surface area contributed by atoms with Gasteiger partial charge in [-0.05, 0) is 71.1 Å². The third-order valence-electron chi connectivity index (χ3n) is 7.04. The number of rotatable bonds is 8. The van der Waals surface area contributed by atoms with Crippen molar-refractivity contribution in [3.8, 4) is 17.1 Å². The number of allylic oxidation sites excluding steroid dienone is 1. The molecule has 1 aliphatic rings. The molecule has 0 saturated heterocycles. The van der Waals surface area contributed by atoms with Gasteiger partial charge < -0.3 is 14.9 Å². The zero-order valence-corrected chi connectivity index (χ0v) is 24.7. The molecular formula is C30H33N9O2S. The number of nitrogens with one attached hydrogen (secondary N) is 2. The van der Waals surface area contributed by atoms with E-state index in [-0.39, 0.29) is 12.1 Å². The topological polar surface area (TPSA) is 123 Å². The number of hydrogen-bond donors (Lipinski definition) is 3. The summed E-state index contributed by atoms with van der Waals surface area (Å²) in [6.07, 6.45) is 9.17. The fourth-order valence-electron chi connectivity index (χ4n) is 5.28. The first-order chi connectivity index (χ1) is 20.2. The Hall–Kier alpha value is -4.68. The molecule has 0 atom stereocenters. The van der Waals surface area contributed by atoms with Crippen molar-refractivity contribution >= 4 is 38.6 Å². The fourth-order valence-corrected chi connectivity index (χ4v) is 5.96. The van der Waals surface area contributed by atoms with E-state index in [2.05, 4.69) is 55.7 Å². The van der Waals surface area contributed by atoms with E-state index in [1.165, 1.54) is 22.0 Å². The van der Waals surface area contributed by atoms with E-state index in [9.17, 15) is 9.00 Å². The summed E-state index contributed by atoms with van der Waals surface area (Å²) in [5.74, 6) is 1.22. The van der Waals surface area contributed by atoms with Crippen molar-refractivity contribution in [2.24, 2.45) is 0 Å². The van der Waals surface area contributed by atoms with Gasteiger partial charge in [-0.15, -0.1) is 6.58 Å². The first-order valence-corrected chi connectivity index (χ1v) is 16.2. The molecule has 5 heterocycles. The Bertz CT molecular complexity index is 1910. The molecule has 0 aliphatic carbocycles. The third kappa shape index (κ3) is 5.46. The fraction of sp³-hybridized carbons (Fsp3) is 0.233. The molecule has 4 aromatic heterocycles. The van der Waals surface area contributed by atoms with E-state index in [1.807, 2.05) is 18.2 Å². The highest BCUT2D eigenvalue weighted by atomic mass is 32.3. The second-order valence-corrected chi connectivity index (χ2v) is 13.7. The lowest BCUT2D eigenvalue weighted by molar-refractivity contribution is 0.313. The minimum absolute atomic E-state index is 0.239. The van der Waals surface area contributed by atoms with Gasteiger partial charge in [0.05, 0.1) is 12.2 Å². The van der Waals surface area contributed by atoms with Gasteiger partial charge >= 0.3 is 0 Å². The van der Waals surface area contributed by atoms with Gasteiger partial charge in [0, 0.05) is 49.2 Å². The predicted molar refractivity (Wildman–Crippen MR) is 169 cm³/mol. The second-order valence-electron chi connectivity index (χ2n) is 10.8. The second kappa shape index (κ2) is 11.0. The zero-order valence-electron chi connectivity index (χ0n) is 23.8. The van der Waals surface area contributed by atoms with E-state index in [0.717, 1.165) is 36.5 Å². The first-order valence-electron chi connectivity index (χ1n) is 13.6. The van der Waals surface area contributed by atoms with Crippen molar-refractivity contribution in [2.45, 2.75) is 19.5 Å². The normalized spacial score (nSPS) is 14.0. The van der Waals surface area contributed by atoms with E-state index < -0.39 is 10.1 Å². The highest BCUT2D eigenvalue weighted by molar-refractivity contribution is 8.02. The molecule has 0 spiro atoms. The number of anilines is 3. The van der Waals surface area contributed by atoms with Crippen LogP contribution < -0.4 is 15.6 Å². The number of hydrogen-bond acceptors (Lipinski definition) is 8. The van der Waals surface area contributed by atoms with Crippen LogP contribution in [0.15, 0.2) is 78.4 Å². The first kappa shape index (κ1) is 27.5. The summed E-state index contributed by atoms with van der Waals surface area (Å²) in [6, 6.07) is 15.4. The molecule has 0 unspecified atom stereocenters. The van der Waals surface area contributed by atoms with Crippen LogP contribution in [0.2, 0.25) is 0 Å². The number of benzene rings is 1. The number of thiol groups is 1. The van der Waals surface area contributed by atoms with Crippen LogP contribution in [-0.2, 0) is 29.6 Å². The summed E-state index contributed by atoms with van der Waals surface area (Å²) in [4.78, 5) is 34.2. The summed E-state index contributed by atoms with van der Waals surface area (Å²) in [7, 11) is -0.485. The molecule has 0 fully saturated rings. The van der Waals surface area contributed by atoms with Crippen LogP contribution in [0.5, 0.6) is 0 Å². The molecule has 11 nitrogen and oxygen atoms in total. The molecule has 12 heteroatoms. The average Bonchev–Trinajstić information content (AvgIpc) is 3.22. The minimum atomic E-state index is -2.60. The lowest BCUT2D eigenvalue weighted by Crippen LogP contribution is -2.27. The Morgan fingerprint density at radius 2 is 1.95 bits per heavy atom. The molecule has 1 aliphatic heterocycles. The van der Waals surface area contributed by atoms with E-state index in [0.29, 0.717) is 28.6 Å². The van der Waals surface area contributed by atoms with Crippen LogP contribution >= 0.6 is 0 Å². The van der Waals surface area contributed by atoms with Gasteiger partial charge in [0.1, 0.15) is 11.2 Å². The molecule has 42 heavy (non-hydrogen) atoms. The summed E-state index contributed by atoms with van der Waals surface area (Å²) in [6.45, 7) is 5.86. The van der Waals surface area contributed by atoms with Crippen LogP contribution in [0.4, 0.5) is 17.5 Å². The van der Waals surface area contributed by atoms with Gasteiger partial charge in [0.25, 0.3) is 5.56 Å². The Balaban J connectivity index is 1.46. The van der Waals surface area contributed by atoms with E-state index in [4.69, 9.17) is 4.98 Å². The number of pyridine rings is 2. The van der Waals surface area contributed by atoms with Gasteiger partial charge in [-0.1, -0.05) is 18.2 Å². The summed E-state index contributed by atoms with van der Waals surface area (Å²) >= 11 is 0. The van der Waals surface area contributed by atoms with Crippen LogP contribution in [0.3, 0.4) is 0 Å². The SMILES string of the molecule is C=CCn1c(=O)c2cnc(Nc3cc4c(c(-c5ccccn5)c3)CCN(C)C4)nc2n1-c1cccc(N[SH](C)(C)=O)n1. The van der Waals surface area contributed by atoms with Crippen molar-refractivity contribution in [1.29, 1.82) is 0 Å². The van der Waals surface area contributed by atoms with Crippen molar-refractivity contribution in [3.05, 3.63) is 95.1 Å². The Kier molecular flexibility index (Phi) is 7.17. The number of fused-ring (bicyclic) bond motifs is 2. The van der Waals surface area contributed by atoms with Crippen LogP contribution in [-0.4, -0.2) is 64.5 Å². The van der Waals surface area contributed by atoms with E-state index >= 15 is 0 Å². The molecule has 6 rings (SSSR count). The lowest BCUT2D eigenvalue weighted by Gasteiger charge is -2.27. The Labute approximate surface area is 244 Å². The number of likely N-dealkylation sites (N-methyl/N-ethyl adjacent to an activating group) is 1.